The molecule has 0 radical (unpaired) electrons. The lowest BCUT2D eigenvalue weighted by atomic mass is 10.0. The Morgan fingerprint density at radius 1 is 1.70 bits per heavy atom. The van der Waals surface area contributed by atoms with Crippen molar-refractivity contribution in [1.82, 2.24) is 0 Å². The first-order chi connectivity index (χ1) is 4.70. The van der Waals surface area contributed by atoms with Gasteiger partial charge in [0.05, 0.1) is 0 Å². The number of alkyl halides is 1. The Bertz CT molecular complexity index is 116. The predicted octanol–water partition coefficient (Wildman–Crippen LogP) is 3.54. The Morgan fingerprint density at radius 3 is 2.60 bits per heavy atom. The topological polar surface area (TPSA) is 0 Å². The molecule has 1 heteroatoms. The van der Waals surface area contributed by atoms with Gasteiger partial charge in [-0.25, -0.2) is 0 Å². The first-order valence-electron chi connectivity index (χ1n) is 3.52. The van der Waals surface area contributed by atoms with E-state index in [0.717, 1.165) is 18.2 Å². The van der Waals surface area contributed by atoms with Crippen molar-refractivity contribution in [2.75, 3.05) is 5.33 Å². The molecular weight excluding hydrogens is 188 g/mol. The standard InChI is InChI=1S/C9H15Br/c1-4-5-9(7-10)6-8(2)3/h4,9H,1-2,5-7H2,3H3. The molecule has 0 nitrogen and oxygen atoms in total. The average molecular weight is 203 g/mol. The summed E-state index contributed by atoms with van der Waals surface area (Å²) in [4.78, 5) is 0. The van der Waals surface area contributed by atoms with E-state index in [0.29, 0.717) is 5.92 Å². The molecule has 0 fully saturated rings. The normalized spacial score (nSPS) is 12.6. The zero-order chi connectivity index (χ0) is 7.98. The van der Waals surface area contributed by atoms with Crippen LogP contribution in [0.25, 0.3) is 0 Å². The summed E-state index contributed by atoms with van der Waals surface area (Å²) >= 11 is 3.46. The number of allylic oxidation sites excluding steroid dienone is 2. The van der Waals surface area contributed by atoms with Gasteiger partial charge in [-0.2, -0.15) is 0 Å². The predicted molar refractivity (Wildman–Crippen MR) is 51.5 cm³/mol. The summed E-state index contributed by atoms with van der Waals surface area (Å²) in [5.41, 5.74) is 1.26. The van der Waals surface area contributed by atoms with Gasteiger partial charge in [0.25, 0.3) is 0 Å². The van der Waals surface area contributed by atoms with Gasteiger partial charge in [0, 0.05) is 5.33 Å². The second kappa shape index (κ2) is 5.72. The quantitative estimate of drug-likeness (QED) is 0.473. The Balaban J connectivity index is 3.59. The SMILES string of the molecule is C=CCC(CBr)CC(=C)C. The first kappa shape index (κ1) is 9.96. The lowest BCUT2D eigenvalue weighted by Crippen LogP contribution is -2.00. The summed E-state index contributed by atoms with van der Waals surface area (Å²) in [6.07, 6.45) is 4.16. The van der Waals surface area contributed by atoms with E-state index in [1.165, 1.54) is 5.57 Å². The maximum Gasteiger partial charge on any atom is 0.00656 e. The van der Waals surface area contributed by atoms with Crippen LogP contribution in [0.2, 0.25) is 0 Å². The molecule has 0 aliphatic carbocycles. The van der Waals surface area contributed by atoms with E-state index in [2.05, 4.69) is 36.0 Å². The van der Waals surface area contributed by atoms with E-state index in [4.69, 9.17) is 0 Å². The lowest BCUT2D eigenvalue weighted by Gasteiger charge is -2.09. The molecule has 0 aromatic carbocycles. The van der Waals surface area contributed by atoms with E-state index in [9.17, 15) is 0 Å². The van der Waals surface area contributed by atoms with Crippen LogP contribution >= 0.6 is 15.9 Å². The summed E-state index contributed by atoms with van der Waals surface area (Å²) < 4.78 is 0. The van der Waals surface area contributed by atoms with E-state index >= 15 is 0 Å². The van der Waals surface area contributed by atoms with Gasteiger partial charge in [0.2, 0.25) is 0 Å². The van der Waals surface area contributed by atoms with Crippen LogP contribution in [-0.4, -0.2) is 5.33 Å². The Labute approximate surface area is 72.1 Å². The third-order valence-electron chi connectivity index (χ3n) is 1.36. The number of halogens is 1. The van der Waals surface area contributed by atoms with Crippen molar-refractivity contribution >= 4 is 15.9 Å². The molecule has 0 N–H and O–H groups in total. The lowest BCUT2D eigenvalue weighted by molar-refractivity contribution is 0.602. The third-order valence-corrected chi connectivity index (χ3v) is 2.27. The van der Waals surface area contributed by atoms with Crippen molar-refractivity contribution < 1.29 is 0 Å². The van der Waals surface area contributed by atoms with Gasteiger partial charge < -0.3 is 0 Å². The molecule has 58 valence electrons. The fourth-order valence-corrected chi connectivity index (χ4v) is 1.42. The highest BCUT2D eigenvalue weighted by molar-refractivity contribution is 9.09. The van der Waals surface area contributed by atoms with Gasteiger partial charge in [-0.05, 0) is 25.7 Å². The molecule has 0 aromatic rings. The van der Waals surface area contributed by atoms with Crippen LogP contribution in [0.1, 0.15) is 19.8 Å². The van der Waals surface area contributed by atoms with Gasteiger partial charge >= 0.3 is 0 Å². The van der Waals surface area contributed by atoms with E-state index in [-0.39, 0.29) is 0 Å². The van der Waals surface area contributed by atoms with Crippen LogP contribution in [0.3, 0.4) is 0 Å². The third kappa shape index (κ3) is 4.80. The van der Waals surface area contributed by atoms with Crippen molar-refractivity contribution in [1.29, 1.82) is 0 Å². The largest absolute Gasteiger partial charge is 0.103 e. The van der Waals surface area contributed by atoms with E-state index in [1.807, 2.05) is 6.08 Å². The fourth-order valence-electron chi connectivity index (χ4n) is 0.929. The molecule has 10 heavy (non-hydrogen) atoms. The molecule has 0 aliphatic rings. The van der Waals surface area contributed by atoms with Gasteiger partial charge in [0.1, 0.15) is 0 Å². The minimum atomic E-state index is 0.690. The molecule has 0 spiro atoms. The van der Waals surface area contributed by atoms with Crippen molar-refractivity contribution in [2.24, 2.45) is 5.92 Å². The summed E-state index contributed by atoms with van der Waals surface area (Å²) in [6.45, 7) is 9.64. The van der Waals surface area contributed by atoms with Crippen LogP contribution < -0.4 is 0 Å². The zero-order valence-corrected chi connectivity index (χ0v) is 8.15. The van der Waals surface area contributed by atoms with Crippen molar-refractivity contribution in [3.63, 3.8) is 0 Å². The Hall–Kier alpha value is -0.0400. The molecule has 1 atom stereocenters. The number of hydrogen-bond donors (Lipinski definition) is 0. The monoisotopic (exact) mass is 202 g/mol. The van der Waals surface area contributed by atoms with E-state index < -0.39 is 0 Å². The van der Waals surface area contributed by atoms with Crippen LogP contribution in [0, 0.1) is 5.92 Å². The summed E-state index contributed by atoms with van der Waals surface area (Å²) in [6, 6.07) is 0. The summed E-state index contributed by atoms with van der Waals surface area (Å²) in [7, 11) is 0. The molecule has 0 aliphatic heterocycles. The summed E-state index contributed by atoms with van der Waals surface area (Å²) in [5, 5.41) is 1.05. The van der Waals surface area contributed by atoms with Gasteiger partial charge in [-0.3, -0.25) is 0 Å². The van der Waals surface area contributed by atoms with Crippen LogP contribution in [-0.2, 0) is 0 Å². The molecule has 1 unspecified atom stereocenters. The van der Waals surface area contributed by atoms with Gasteiger partial charge in [0.15, 0.2) is 0 Å². The highest BCUT2D eigenvalue weighted by atomic mass is 79.9. The number of hydrogen-bond acceptors (Lipinski definition) is 0. The van der Waals surface area contributed by atoms with Crippen LogP contribution in [0.5, 0.6) is 0 Å². The molecule has 0 aromatic heterocycles. The smallest absolute Gasteiger partial charge is 0.00656 e. The zero-order valence-electron chi connectivity index (χ0n) is 6.57. The molecular formula is C9H15Br. The Morgan fingerprint density at radius 2 is 2.30 bits per heavy atom. The van der Waals surface area contributed by atoms with Crippen molar-refractivity contribution in [3.8, 4) is 0 Å². The molecule has 0 saturated heterocycles. The Kier molecular flexibility index (Phi) is 5.70. The molecule has 0 amide bonds. The minimum Gasteiger partial charge on any atom is -0.103 e. The second-order valence-corrected chi connectivity index (χ2v) is 3.35. The second-order valence-electron chi connectivity index (χ2n) is 2.71. The molecule has 0 saturated carbocycles. The van der Waals surface area contributed by atoms with Crippen molar-refractivity contribution in [3.05, 3.63) is 24.8 Å². The molecule has 0 bridgehead atoms. The highest BCUT2D eigenvalue weighted by Gasteiger charge is 2.03. The van der Waals surface area contributed by atoms with E-state index in [1.54, 1.807) is 0 Å². The van der Waals surface area contributed by atoms with Gasteiger partial charge in [-0.1, -0.05) is 27.6 Å². The first-order valence-corrected chi connectivity index (χ1v) is 4.64. The molecule has 0 rings (SSSR count). The molecule has 0 heterocycles. The maximum absolute atomic E-state index is 3.87. The number of rotatable bonds is 5. The minimum absolute atomic E-state index is 0.690. The average Bonchev–Trinajstić information content (AvgIpc) is 1.86. The maximum atomic E-state index is 3.87. The van der Waals surface area contributed by atoms with Crippen LogP contribution in [0.4, 0.5) is 0 Å². The van der Waals surface area contributed by atoms with Gasteiger partial charge in [-0.15, -0.1) is 13.2 Å². The summed E-state index contributed by atoms with van der Waals surface area (Å²) in [5.74, 6) is 0.690. The highest BCUT2D eigenvalue weighted by Crippen LogP contribution is 2.16. The van der Waals surface area contributed by atoms with Crippen LogP contribution in [0.15, 0.2) is 24.8 Å². The van der Waals surface area contributed by atoms with Crippen molar-refractivity contribution in [2.45, 2.75) is 19.8 Å². The fraction of sp³-hybridized carbons (Fsp3) is 0.556.